The van der Waals surface area contributed by atoms with Gasteiger partial charge in [-0.15, -0.1) is 0 Å². The van der Waals surface area contributed by atoms with E-state index in [-0.39, 0.29) is 5.95 Å². The van der Waals surface area contributed by atoms with Gasteiger partial charge in [-0.2, -0.15) is 4.98 Å². The minimum Gasteiger partial charge on any atom is -0.493 e. The molecule has 104 valence electrons. The largest absolute Gasteiger partial charge is 0.493 e. The molecule has 2 aromatic rings. The fraction of sp³-hybridized carbons (Fsp3) is 0.231. The van der Waals surface area contributed by atoms with Crippen molar-refractivity contribution in [3.05, 3.63) is 39.0 Å². The number of rotatable bonds is 3. The summed E-state index contributed by atoms with van der Waals surface area (Å²) in [6.07, 6.45) is 2.41. The molecule has 0 saturated heterocycles. The first-order chi connectivity index (χ1) is 9.63. The number of nitrogens with two attached hydrogens (primary N) is 1. The molecular formula is C13H12BrClN4O. The Morgan fingerprint density at radius 1 is 1.45 bits per heavy atom. The zero-order chi connectivity index (χ0) is 14.1. The monoisotopic (exact) mass is 354 g/mol. The number of aromatic nitrogens is 2. The third-order valence-electron chi connectivity index (χ3n) is 3.03. The average molecular weight is 356 g/mol. The van der Waals surface area contributed by atoms with Crippen LogP contribution in [0, 0.1) is 0 Å². The van der Waals surface area contributed by atoms with Crippen LogP contribution >= 0.6 is 27.5 Å². The Balaban J connectivity index is 1.84. The fourth-order valence-electron chi connectivity index (χ4n) is 2.16. The highest BCUT2D eigenvalue weighted by atomic mass is 79.9. The predicted octanol–water partition coefficient (Wildman–Crippen LogP) is 3.02. The number of nitrogen functional groups attached to an aromatic ring is 1. The van der Waals surface area contributed by atoms with Crippen molar-refractivity contribution in [3.63, 3.8) is 0 Å². The van der Waals surface area contributed by atoms with E-state index < -0.39 is 0 Å². The summed E-state index contributed by atoms with van der Waals surface area (Å²) in [5.41, 5.74) is 7.83. The van der Waals surface area contributed by atoms with Gasteiger partial charge in [0.1, 0.15) is 10.8 Å². The second-order valence-corrected chi connectivity index (χ2v) is 5.75. The molecule has 0 radical (unpaired) electrons. The smallest absolute Gasteiger partial charge is 0.222 e. The van der Waals surface area contributed by atoms with Crippen molar-refractivity contribution >= 4 is 39.3 Å². The van der Waals surface area contributed by atoms with Gasteiger partial charge in [0.25, 0.3) is 0 Å². The Morgan fingerprint density at radius 3 is 3.15 bits per heavy atom. The molecule has 1 aromatic heterocycles. The summed E-state index contributed by atoms with van der Waals surface area (Å²) in [7, 11) is 0. The van der Waals surface area contributed by atoms with Gasteiger partial charge in [-0.3, -0.25) is 0 Å². The van der Waals surface area contributed by atoms with E-state index in [0.29, 0.717) is 17.4 Å². The van der Waals surface area contributed by atoms with Gasteiger partial charge in [0.15, 0.2) is 5.82 Å². The summed E-state index contributed by atoms with van der Waals surface area (Å²) in [4.78, 5) is 7.90. The molecular weight excluding hydrogens is 344 g/mol. The predicted molar refractivity (Wildman–Crippen MR) is 82.1 cm³/mol. The van der Waals surface area contributed by atoms with Crippen molar-refractivity contribution in [3.8, 4) is 5.75 Å². The lowest BCUT2D eigenvalue weighted by molar-refractivity contribution is 0.354. The molecule has 3 N–H and O–H groups in total. The SMILES string of the molecule is Nc1ncc(Cl)c(NCc2cc(Br)cc3c2OCC3)n1. The van der Waals surface area contributed by atoms with Crippen LogP contribution in [0.15, 0.2) is 22.8 Å². The number of nitrogens with zero attached hydrogens (tertiary/aromatic N) is 2. The summed E-state index contributed by atoms with van der Waals surface area (Å²) in [5, 5.41) is 3.60. The van der Waals surface area contributed by atoms with Crippen LogP contribution in [0.2, 0.25) is 5.02 Å². The Kier molecular flexibility index (Phi) is 3.67. The lowest BCUT2D eigenvalue weighted by atomic mass is 10.1. The van der Waals surface area contributed by atoms with Gasteiger partial charge in [0, 0.05) is 23.0 Å². The molecule has 20 heavy (non-hydrogen) atoms. The van der Waals surface area contributed by atoms with Crippen molar-refractivity contribution in [2.45, 2.75) is 13.0 Å². The summed E-state index contributed by atoms with van der Waals surface area (Å²) in [6, 6.07) is 4.11. The second kappa shape index (κ2) is 5.46. The molecule has 0 amide bonds. The fourth-order valence-corrected chi connectivity index (χ4v) is 2.87. The number of hydrogen-bond acceptors (Lipinski definition) is 5. The summed E-state index contributed by atoms with van der Waals surface area (Å²) >= 11 is 9.54. The number of fused-ring (bicyclic) bond motifs is 1. The number of ether oxygens (including phenoxy) is 1. The summed E-state index contributed by atoms with van der Waals surface area (Å²) in [5.74, 6) is 1.65. The zero-order valence-corrected chi connectivity index (χ0v) is 12.8. The summed E-state index contributed by atoms with van der Waals surface area (Å²) < 4.78 is 6.71. The Morgan fingerprint density at radius 2 is 2.30 bits per heavy atom. The maximum Gasteiger partial charge on any atom is 0.222 e. The van der Waals surface area contributed by atoms with Crippen molar-refractivity contribution < 1.29 is 4.74 Å². The van der Waals surface area contributed by atoms with E-state index in [1.165, 1.54) is 11.8 Å². The molecule has 0 saturated carbocycles. The first-order valence-corrected chi connectivity index (χ1v) is 7.26. The second-order valence-electron chi connectivity index (χ2n) is 4.43. The van der Waals surface area contributed by atoms with Crippen molar-refractivity contribution in [1.82, 2.24) is 9.97 Å². The van der Waals surface area contributed by atoms with E-state index in [9.17, 15) is 0 Å². The molecule has 0 atom stereocenters. The van der Waals surface area contributed by atoms with E-state index in [4.69, 9.17) is 22.1 Å². The maximum atomic E-state index is 6.03. The molecule has 5 nitrogen and oxygen atoms in total. The average Bonchev–Trinajstić information content (AvgIpc) is 2.87. The highest BCUT2D eigenvalue weighted by Gasteiger charge is 2.17. The van der Waals surface area contributed by atoms with E-state index >= 15 is 0 Å². The number of halogens is 2. The van der Waals surface area contributed by atoms with Gasteiger partial charge in [-0.25, -0.2) is 4.98 Å². The number of hydrogen-bond donors (Lipinski definition) is 2. The van der Waals surface area contributed by atoms with E-state index in [0.717, 1.165) is 28.8 Å². The van der Waals surface area contributed by atoms with E-state index in [1.807, 2.05) is 6.07 Å². The molecule has 1 aromatic carbocycles. The van der Waals surface area contributed by atoms with Gasteiger partial charge < -0.3 is 15.8 Å². The van der Waals surface area contributed by atoms with Gasteiger partial charge >= 0.3 is 0 Å². The molecule has 1 aliphatic heterocycles. The van der Waals surface area contributed by atoms with Crippen LogP contribution in [-0.4, -0.2) is 16.6 Å². The van der Waals surface area contributed by atoms with E-state index in [2.05, 4.69) is 37.3 Å². The Hall–Kier alpha value is -1.53. The lowest BCUT2D eigenvalue weighted by Crippen LogP contribution is -2.06. The number of benzene rings is 1. The number of anilines is 2. The summed E-state index contributed by atoms with van der Waals surface area (Å²) in [6.45, 7) is 1.28. The first-order valence-electron chi connectivity index (χ1n) is 6.09. The standard InChI is InChI=1S/C13H12BrClN4O/c14-9-3-7-1-2-20-11(7)8(4-9)5-17-12-10(15)6-18-13(16)19-12/h3-4,6H,1-2,5H2,(H3,16,17,18,19). The maximum absolute atomic E-state index is 6.03. The lowest BCUT2D eigenvalue weighted by Gasteiger charge is -2.11. The normalized spacial score (nSPS) is 12.9. The molecule has 1 aliphatic rings. The Labute approximate surface area is 129 Å². The molecule has 0 unspecified atom stereocenters. The minimum absolute atomic E-state index is 0.188. The van der Waals surface area contributed by atoms with Crippen LogP contribution in [0.1, 0.15) is 11.1 Å². The third kappa shape index (κ3) is 2.66. The molecule has 0 fully saturated rings. The van der Waals surface area contributed by atoms with Crippen molar-refractivity contribution in [1.29, 1.82) is 0 Å². The molecule has 3 rings (SSSR count). The molecule has 0 aliphatic carbocycles. The number of nitrogens with one attached hydrogen (secondary N) is 1. The van der Waals surface area contributed by atoms with Crippen LogP contribution < -0.4 is 15.8 Å². The Bertz CT molecular complexity index is 665. The first kappa shape index (κ1) is 13.5. The van der Waals surface area contributed by atoms with Crippen LogP contribution in [0.25, 0.3) is 0 Å². The van der Waals surface area contributed by atoms with Crippen LogP contribution in [0.3, 0.4) is 0 Å². The minimum atomic E-state index is 0.188. The highest BCUT2D eigenvalue weighted by molar-refractivity contribution is 9.10. The van der Waals surface area contributed by atoms with Crippen LogP contribution in [-0.2, 0) is 13.0 Å². The van der Waals surface area contributed by atoms with Crippen molar-refractivity contribution in [2.24, 2.45) is 0 Å². The topological polar surface area (TPSA) is 73.1 Å². The van der Waals surface area contributed by atoms with Gasteiger partial charge in [0.05, 0.1) is 12.8 Å². The molecule has 0 bridgehead atoms. The van der Waals surface area contributed by atoms with Crippen LogP contribution in [0.4, 0.5) is 11.8 Å². The molecule has 0 spiro atoms. The van der Waals surface area contributed by atoms with Gasteiger partial charge in [-0.1, -0.05) is 27.5 Å². The highest BCUT2D eigenvalue weighted by Crippen LogP contribution is 2.33. The third-order valence-corrected chi connectivity index (χ3v) is 3.77. The molecule has 7 heteroatoms. The van der Waals surface area contributed by atoms with Crippen LogP contribution in [0.5, 0.6) is 5.75 Å². The van der Waals surface area contributed by atoms with E-state index in [1.54, 1.807) is 0 Å². The van der Waals surface area contributed by atoms with Gasteiger partial charge in [-0.05, 0) is 17.7 Å². The zero-order valence-electron chi connectivity index (χ0n) is 10.5. The van der Waals surface area contributed by atoms with Crippen molar-refractivity contribution in [2.75, 3.05) is 17.7 Å². The van der Waals surface area contributed by atoms with Gasteiger partial charge in [0.2, 0.25) is 5.95 Å². The molecule has 2 heterocycles. The quantitative estimate of drug-likeness (QED) is 0.885.